The Morgan fingerprint density at radius 3 is 2.83 bits per heavy atom. The van der Waals surface area contributed by atoms with Crippen LogP contribution >= 0.6 is 11.6 Å². The number of anilines is 1. The van der Waals surface area contributed by atoms with Crippen LogP contribution in [-0.2, 0) is 4.79 Å². The van der Waals surface area contributed by atoms with Crippen LogP contribution in [0.3, 0.4) is 0 Å². The molecule has 18 heavy (non-hydrogen) atoms. The summed E-state index contributed by atoms with van der Waals surface area (Å²) >= 11 is 5.63. The fourth-order valence-corrected chi connectivity index (χ4v) is 1.71. The smallest absolute Gasteiger partial charge is 0.238 e. The minimum atomic E-state index is -0.491. The van der Waals surface area contributed by atoms with Gasteiger partial charge in [0.1, 0.15) is 5.82 Å². The number of benzene rings is 1. The number of carbonyl (C=O) groups excluding carboxylic acids is 1. The molecule has 0 radical (unpaired) electrons. The third-order valence-electron chi connectivity index (χ3n) is 2.51. The minimum absolute atomic E-state index is 0.00661. The summed E-state index contributed by atoms with van der Waals surface area (Å²) in [5, 5.41) is 2.69. The van der Waals surface area contributed by atoms with E-state index in [0.29, 0.717) is 12.2 Å². The number of rotatable bonds is 6. The van der Waals surface area contributed by atoms with E-state index in [4.69, 9.17) is 11.6 Å². The number of unbranched alkanes of at least 4 members (excludes halogenated alkanes) is 1. The van der Waals surface area contributed by atoms with E-state index in [1.54, 1.807) is 0 Å². The summed E-state index contributed by atoms with van der Waals surface area (Å²) in [6.45, 7) is 3.30. The van der Waals surface area contributed by atoms with Gasteiger partial charge in [0.15, 0.2) is 0 Å². The zero-order valence-corrected chi connectivity index (χ0v) is 11.4. The molecule has 5 heteroatoms. The van der Waals surface area contributed by atoms with Gasteiger partial charge in [-0.3, -0.25) is 9.69 Å². The Morgan fingerprint density at radius 1 is 1.50 bits per heavy atom. The number of nitrogens with zero attached hydrogens (tertiary/aromatic N) is 1. The Hall–Kier alpha value is -1.13. The van der Waals surface area contributed by atoms with E-state index in [1.807, 2.05) is 11.9 Å². The van der Waals surface area contributed by atoms with Gasteiger partial charge in [0.05, 0.1) is 11.6 Å². The van der Waals surface area contributed by atoms with Crippen LogP contribution in [0.5, 0.6) is 0 Å². The van der Waals surface area contributed by atoms with E-state index < -0.39 is 5.82 Å². The number of halogens is 2. The van der Waals surface area contributed by atoms with Gasteiger partial charge in [-0.1, -0.05) is 24.9 Å². The van der Waals surface area contributed by atoms with Gasteiger partial charge >= 0.3 is 0 Å². The first-order valence-electron chi connectivity index (χ1n) is 5.96. The van der Waals surface area contributed by atoms with Crippen molar-refractivity contribution < 1.29 is 9.18 Å². The normalized spacial score (nSPS) is 10.7. The second-order valence-electron chi connectivity index (χ2n) is 4.27. The van der Waals surface area contributed by atoms with Crippen molar-refractivity contribution in [2.24, 2.45) is 0 Å². The summed E-state index contributed by atoms with van der Waals surface area (Å²) in [6.07, 6.45) is 2.16. The molecule has 0 fully saturated rings. The highest BCUT2D eigenvalue weighted by Crippen LogP contribution is 2.19. The zero-order chi connectivity index (χ0) is 13.5. The molecule has 0 aliphatic heterocycles. The Labute approximate surface area is 112 Å². The molecule has 0 heterocycles. The Morgan fingerprint density at radius 2 is 2.22 bits per heavy atom. The molecule has 0 spiro atoms. The standard InChI is InChI=1S/C13H18ClFN2O/c1-3-4-7-17(2)9-13(18)16-10-5-6-12(15)11(14)8-10/h5-6,8H,3-4,7,9H2,1-2H3,(H,16,18). The summed E-state index contributed by atoms with van der Waals surface area (Å²) < 4.78 is 12.9. The van der Waals surface area contributed by atoms with E-state index in [9.17, 15) is 9.18 Å². The van der Waals surface area contributed by atoms with Crippen LogP contribution in [0.15, 0.2) is 18.2 Å². The van der Waals surface area contributed by atoms with Crippen molar-refractivity contribution in [2.75, 3.05) is 25.5 Å². The molecule has 0 aliphatic carbocycles. The first kappa shape index (κ1) is 14.9. The molecular formula is C13H18ClFN2O. The molecule has 1 rings (SSSR count). The van der Waals surface area contributed by atoms with E-state index in [1.165, 1.54) is 18.2 Å². The van der Waals surface area contributed by atoms with E-state index in [-0.39, 0.29) is 10.9 Å². The third-order valence-corrected chi connectivity index (χ3v) is 2.80. The Bertz CT molecular complexity index is 412. The summed E-state index contributed by atoms with van der Waals surface area (Å²) in [4.78, 5) is 13.6. The zero-order valence-electron chi connectivity index (χ0n) is 10.7. The SMILES string of the molecule is CCCCN(C)CC(=O)Nc1ccc(F)c(Cl)c1. The molecule has 1 N–H and O–H groups in total. The molecule has 0 aromatic heterocycles. The summed E-state index contributed by atoms with van der Waals surface area (Å²) in [7, 11) is 1.90. The lowest BCUT2D eigenvalue weighted by atomic mass is 10.3. The molecule has 0 unspecified atom stereocenters. The molecule has 3 nitrogen and oxygen atoms in total. The van der Waals surface area contributed by atoms with Crippen LogP contribution in [0.4, 0.5) is 10.1 Å². The Kier molecular flexibility index (Phi) is 6.09. The van der Waals surface area contributed by atoms with Gasteiger partial charge in [-0.25, -0.2) is 4.39 Å². The maximum Gasteiger partial charge on any atom is 0.238 e. The second kappa shape index (κ2) is 7.34. The topological polar surface area (TPSA) is 32.3 Å². The number of carbonyl (C=O) groups is 1. The fourth-order valence-electron chi connectivity index (χ4n) is 1.53. The molecule has 0 saturated carbocycles. The highest BCUT2D eigenvalue weighted by molar-refractivity contribution is 6.31. The van der Waals surface area contributed by atoms with Crippen molar-refractivity contribution in [1.29, 1.82) is 0 Å². The molecule has 0 atom stereocenters. The number of nitrogens with one attached hydrogen (secondary N) is 1. The van der Waals surface area contributed by atoms with Crippen molar-refractivity contribution in [1.82, 2.24) is 4.90 Å². The molecular weight excluding hydrogens is 255 g/mol. The van der Waals surface area contributed by atoms with Gasteiger partial charge in [0, 0.05) is 5.69 Å². The molecule has 0 saturated heterocycles. The number of hydrogen-bond acceptors (Lipinski definition) is 2. The van der Waals surface area contributed by atoms with Gasteiger partial charge in [0.25, 0.3) is 0 Å². The lowest BCUT2D eigenvalue weighted by molar-refractivity contribution is -0.117. The van der Waals surface area contributed by atoms with Crippen LogP contribution in [0.2, 0.25) is 5.02 Å². The third kappa shape index (κ3) is 5.02. The van der Waals surface area contributed by atoms with Crippen molar-refractivity contribution in [3.63, 3.8) is 0 Å². The number of amides is 1. The first-order chi connectivity index (χ1) is 8.52. The summed E-state index contributed by atoms with van der Waals surface area (Å²) in [6, 6.07) is 4.13. The van der Waals surface area contributed by atoms with Crippen LogP contribution < -0.4 is 5.32 Å². The predicted molar refractivity (Wildman–Crippen MR) is 72.4 cm³/mol. The first-order valence-corrected chi connectivity index (χ1v) is 6.34. The summed E-state index contributed by atoms with van der Waals surface area (Å²) in [5.41, 5.74) is 0.510. The van der Waals surface area contributed by atoms with Crippen molar-refractivity contribution in [2.45, 2.75) is 19.8 Å². The van der Waals surface area contributed by atoms with Crippen molar-refractivity contribution in [3.8, 4) is 0 Å². The highest BCUT2D eigenvalue weighted by atomic mass is 35.5. The maximum atomic E-state index is 12.9. The minimum Gasteiger partial charge on any atom is -0.325 e. The van der Waals surface area contributed by atoms with Gasteiger partial charge in [-0.2, -0.15) is 0 Å². The second-order valence-corrected chi connectivity index (χ2v) is 4.68. The average Bonchev–Trinajstić information content (AvgIpc) is 2.31. The van der Waals surface area contributed by atoms with Crippen LogP contribution in [0, 0.1) is 5.82 Å². The monoisotopic (exact) mass is 272 g/mol. The number of likely N-dealkylation sites (N-methyl/N-ethyl adjacent to an activating group) is 1. The van der Waals surface area contributed by atoms with Crippen LogP contribution in [-0.4, -0.2) is 30.9 Å². The van der Waals surface area contributed by atoms with Crippen LogP contribution in [0.1, 0.15) is 19.8 Å². The van der Waals surface area contributed by atoms with Crippen LogP contribution in [0.25, 0.3) is 0 Å². The largest absolute Gasteiger partial charge is 0.325 e. The van der Waals surface area contributed by atoms with Crippen molar-refractivity contribution >= 4 is 23.2 Å². The van der Waals surface area contributed by atoms with E-state index in [0.717, 1.165) is 19.4 Å². The van der Waals surface area contributed by atoms with E-state index >= 15 is 0 Å². The lowest BCUT2D eigenvalue weighted by Gasteiger charge is -2.15. The molecule has 100 valence electrons. The molecule has 0 bridgehead atoms. The van der Waals surface area contributed by atoms with Gasteiger partial charge in [0.2, 0.25) is 5.91 Å². The quantitative estimate of drug-likeness (QED) is 0.863. The van der Waals surface area contributed by atoms with Gasteiger partial charge in [-0.15, -0.1) is 0 Å². The molecule has 1 amide bonds. The fraction of sp³-hybridized carbons (Fsp3) is 0.462. The van der Waals surface area contributed by atoms with Gasteiger partial charge < -0.3 is 5.32 Å². The molecule has 1 aromatic carbocycles. The van der Waals surface area contributed by atoms with Gasteiger partial charge in [-0.05, 0) is 38.2 Å². The predicted octanol–water partition coefficient (Wildman–Crippen LogP) is 3.15. The molecule has 0 aliphatic rings. The average molecular weight is 273 g/mol. The number of hydrogen-bond donors (Lipinski definition) is 1. The summed E-state index contributed by atoms with van der Waals surface area (Å²) in [5.74, 6) is -0.619. The highest BCUT2D eigenvalue weighted by Gasteiger charge is 2.07. The maximum absolute atomic E-state index is 12.9. The van der Waals surface area contributed by atoms with E-state index in [2.05, 4.69) is 12.2 Å². The lowest BCUT2D eigenvalue weighted by Crippen LogP contribution is -2.30. The Balaban J connectivity index is 2.46. The van der Waals surface area contributed by atoms with Crippen molar-refractivity contribution in [3.05, 3.63) is 29.0 Å². The molecule has 1 aromatic rings.